The van der Waals surface area contributed by atoms with Crippen molar-refractivity contribution >= 4 is 11.7 Å². The van der Waals surface area contributed by atoms with Gasteiger partial charge in [0.2, 0.25) is 11.9 Å². The second kappa shape index (κ2) is 7.53. The monoisotopic (exact) mass is 366 g/mol. The number of aromatic nitrogens is 5. The molecule has 8 nitrogen and oxygen atoms in total. The molecular weight excluding hydrogens is 344 g/mol. The molecule has 3 rings (SSSR count). The molecule has 0 atom stereocenters. The standard InChI is InChI=1S/C19H22N6O2/c1-11-6-5-7-16(20-11)22-17(26)9-8-15-13(3)24-25(14(15)4)19-21-12(2)10-18(27)23-19/h5-7,10H,8-9H2,1-4H3,(H,20,22,26)(H,21,23,27). The first-order valence-electron chi connectivity index (χ1n) is 8.70. The van der Waals surface area contributed by atoms with Gasteiger partial charge in [0.1, 0.15) is 5.82 Å². The molecule has 0 radical (unpaired) electrons. The zero-order chi connectivity index (χ0) is 19.6. The Bertz CT molecular complexity index is 1050. The quantitative estimate of drug-likeness (QED) is 0.720. The third-order valence-corrected chi connectivity index (χ3v) is 4.26. The topological polar surface area (TPSA) is 106 Å². The van der Waals surface area contributed by atoms with Crippen molar-refractivity contribution in [1.29, 1.82) is 0 Å². The van der Waals surface area contributed by atoms with Crippen LogP contribution in [0.1, 0.15) is 34.8 Å². The first kappa shape index (κ1) is 18.5. The van der Waals surface area contributed by atoms with Gasteiger partial charge in [-0.3, -0.25) is 14.6 Å². The maximum Gasteiger partial charge on any atom is 0.252 e. The van der Waals surface area contributed by atoms with Gasteiger partial charge < -0.3 is 5.32 Å². The van der Waals surface area contributed by atoms with Gasteiger partial charge in [-0.15, -0.1) is 0 Å². The van der Waals surface area contributed by atoms with Crippen molar-refractivity contribution in [3.05, 3.63) is 63.0 Å². The highest BCUT2D eigenvalue weighted by Crippen LogP contribution is 2.18. The van der Waals surface area contributed by atoms with Crippen LogP contribution in [-0.2, 0) is 11.2 Å². The summed E-state index contributed by atoms with van der Waals surface area (Å²) in [5.74, 6) is 0.813. The van der Waals surface area contributed by atoms with Crippen LogP contribution in [0.2, 0.25) is 0 Å². The van der Waals surface area contributed by atoms with E-state index in [1.54, 1.807) is 17.7 Å². The fourth-order valence-electron chi connectivity index (χ4n) is 2.96. The number of carbonyl (C=O) groups excluding carboxylic acids is 1. The number of nitrogens with one attached hydrogen (secondary N) is 2. The predicted octanol–water partition coefficient (Wildman–Crippen LogP) is 2.16. The van der Waals surface area contributed by atoms with Crippen LogP contribution in [0.4, 0.5) is 5.82 Å². The Morgan fingerprint density at radius 1 is 1.15 bits per heavy atom. The fourth-order valence-corrected chi connectivity index (χ4v) is 2.96. The van der Waals surface area contributed by atoms with Crippen LogP contribution in [-0.4, -0.2) is 30.6 Å². The molecule has 0 saturated carbocycles. The van der Waals surface area contributed by atoms with E-state index < -0.39 is 0 Å². The molecule has 0 unspecified atom stereocenters. The lowest BCUT2D eigenvalue weighted by atomic mass is 10.1. The number of hydrogen-bond acceptors (Lipinski definition) is 5. The van der Waals surface area contributed by atoms with Gasteiger partial charge in [0.15, 0.2) is 0 Å². The Kier molecular flexibility index (Phi) is 5.16. The van der Waals surface area contributed by atoms with Crippen molar-refractivity contribution in [1.82, 2.24) is 24.7 Å². The summed E-state index contributed by atoms with van der Waals surface area (Å²) in [6.45, 7) is 7.42. The summed E-state index contributed by atoms with van der Waals surface area (Å²) in [5.41, 5.74) is 3.86. The summed E-state index contributed by atoms with van der Waals surface area (Å²) in [6, 6.07) is 6.92. The normalized spacial score (nSPS) is 10.8. The van der Waals surface area contributed by atoms with Gasteiger partial charge in [-0.25, -0.2) is 14.6 Å². The lowest BCUT2D eigenvalue weighted by Crippen LogP contribution is -2.15. The minimum Gasteiger partial charge on any atom is -0.311 e. The van der Waals surface area contributed by atoms with Crippen LogP contribution in [0.3, 0.4) is 0 Å². The van der Waals surface area contributed by atoms with E-state index >= 15 is 0 Å². The van der Waals surface area contributed by atoms with E-state index in [1.807, 2.05) is 32.9 Å². The number of nitrogens with zero attached hydrogens (tertiary/aromatic N) is 4. The zero-order valence-corrected chi connectivity index (χ0v) is 15.8. The maximum atomic E-state index is 12.2. The van der Waals surface area contributed by atoms with Crippen molar-refractivity contribution in [2.24, 2.45) is 0 Å². The van der Waals surface area contributed by atoms with Gasteiger partial charge in [0.25, 0.3) is 5.56 Å². The van der Waals surface area contributed by atoms with Crippen molar-refractivity contribution in [2.45, 2.75) is 40.5 Å². The first-order chi connectivity index (χ1) is 12.8. The van der Waals surface area contributed by atoms with Gasteiger partial charge >= 0.3 is 0 Å². The average molecular weight is 366 g/mol. The van der Waals surface area contributed by atoms with Crippen LogP contribution in [0.25, 0.3) is 5.95 Å². The molecule has 140 valence electrons. The molecule has 0 fully saturated rings. The number of aromatic amines is 1. The number of carbonyl (C=O) groups is 1. The van der Waals surface area contributed by atoms with Crippen LogP contribution >= 0.6 is 0 Å². The maximum absolute atomic E-state index is 12.2. The van der Waals surface area contributed by atoms with Crippen LogP contribution in [0.15, 0.2) is 29.1 Å². The molecule has 0 aliphatic carbocycles. The molecule has 8 heteroatoms. The lowest BCUT2D eigenvalue weighted by Gasteiger charge is -2.06. The molecule has 1 amide bonds. The van der Waals surface area contributed by atoms with Crippen molar-refractivity contribution in [2.75, 3.05) is 5.32 Å². The van der Waals surface area contributed by atoms with Gasteiger partial charge in [0.05, 0.1) is 5.69 Å². The van der Waals surface area contributed by atoms with E-state index in [0.29, 0.717) is 30.3 Å². The number of rotatable bonds is 5. The molecule has 0 spiro atoms. The SMILES string of the molecule is Cc1cccc(NC(=O)CCc2c(C)nn(-c3nc(C)cc(=O)[nH]3)c2C)n1. The minimum atomic E-state index is -0.225. The molecule has 0 bridgehead atoms. The van der Waals surface area contributed by atoms with Crippen molar-refractivity contribution in [3.63, 3.8) is 0 Å². The number of amides is 1. The fraction of sp³-hybridized carbons (Fsp3) is 0.316. The van der Waals surface area contributed by atoms with Crippen LogP contribution in [0, 0.1) is 27.7 Å². The third kappa shape index (κ3) is 4.28. The Morgan fingerprint density at radius 2 is 1.93 bits per heavy atom. The highest BCUT2D eigenvalue weighted by Gasteiger charge is 2.16. The van der Waals surface area contributed by atoms with Crippen molar-refractivity contribution in [3.8, 4) is 5.95 Å². The third-order valence-electron chi connectivity index (χ3n) is 4.26. The molecule has 3 heterocycles. The number of pyridine rings is 1. The molecular formula is C19H22N6O2. The lowest BCUT2D eigenvalue weighted by molar-refractivity contribution is -0.116. The second-order valence-electron chi connectivity index (χ2n) is 6.48. The Morgan fingerprint density at radius 3 is 2.63 bits per heavy atom. The number of aryl methyl sites for hydroxylation is 3. The molecule has 0 aliphatic rings. The van der Waals surface area contributed by atoms with E-state index in [4.69, 9.17) is 0 Å². The molecule has 3 aromatic rings. The van der Waals surface area contributed by atoms with E-state index in [9.17, 15) is 9.59 Å². The number of H-pyrrole nitrogens is 1. The number of anilines is 1. The molecule has 0 aliphatic heterocycles. The molecule has 0 aromatic carbocycles. The van der Waals surface area contributed by atoms with Gasteiger partial charge in [0, 0.05) is 29.6 Å². The van der Waals surface area contributed by atoms with E-state index in [0.717, 1.165) is 22.6 Å². The largest absolute Gasteiger partial charge is 0.311 e. The summed E-state index contributed by atoms with van der Waals surface area (Å²) < 4.78 is 1.61. The summed E-state index contributed by atoms with van der Waals surface area (Å²) in [7, 11) is 0. The van der Waals surface area contributed by atoms with E-state index in [-0.39, 0.29) is 11.5 Å². The van der Waals surface area contributed by atoms with Crippen molar-refractivity contribution < 1.29 is 4.79 Å². The molecule has 27 heavy (non-hydrogen) atoms. The molecule has 2 N–H and O–H groups in total. The molecule has 3 aromatic heterocycles. The number of hydrogen-bond donors (Lipinski definition) is 2. The summed E-state index contributed by atoms with van der Waals surface area (Å²) in [6.07, 6.45) is 0.839. The van der Waals surface area contributed by atoms with Gasteiger partial charge in [-0.05, 0) is 51.8 Å². The molecule has 0 saturated heterocycles. The van der Waals surface area contributed by atoms with E-state index in [1.165, 1.54) is 6.07 Å². The smallest absolute Gasteiger partial charge is 0.252 e. The minimum absolute atomic E-state index is 0.110. The van der Waals surface area contributed by atoms with Crippen LogP contribution < -0.4 is 10.9 Å². The van der Waals surface area contributed by atoms with Crippen LogP contribution in [0.5, 0.6) is 0 Å². The summed E-state index contributed by atoms with van der Waals surface area (Å²) >= 11 is 0. The highest BCUT2D eigenvalue weighted by atomic mass is 16.1. The van der Waals surface area contributed by atoms with E-state index in [2.05, 4.69) is 25.4 Å². The highest BCUT2D eigenvalue weighted by molar-refractivity contribution is 5.89. The Hall–Kier alpha value is -3.29. The zero-order valence-electron chi connectivity index (χ0n) is 15.8. The summed E-state index contributed by atoms with van der Waals surface area (Å²) in [4.78, 5) is 35.3. The van der Waals surface area contributed by atoms with Gasteiger partial charge in [-0.1, -0.05) is 6.07 Å². The summed E-state index contributed by atoms with van der Waals surface area (Å²) in [5, 5.41) is 7.28. The average Bonchev–Trinajstić information content (AvgIpc) is 2.86. The first-order valence-corrected chi connectivity index (χ1v) is 8.70. The van der Waals surface area contributed by atoms with Gasteiger partial charge in [-0.2, -0.15) is 5.10 Å². The Labute approximate surface area is 156 Å². The predicted molar refractivity (Wildman–Crippen MR) is 102 cm³/mol. The Balaban J connectivity index is 1.75. The second-order valence-corrected chi connectivity index (χ2v) is 6.48.